The van der Waals surface area contributed by atoms with Crippen LogP contribution in [0.15, 0.2) is 42.5 Å². The minimum Gasteiger partial charge on any atom is -0.493 e. The molecule has 1 aliphatic heterocycles. The van der Waals surface area contributed by atoms with Gasteiger partial charge in [-0.3, -0.25) is 4.90 Å². The minimum absolute atomic E-state index is 0.458. The SMILES string of the molecule is CCOc1ccc(CN2CCC[C@@H]2c2ccc(Cl)cc2)cc1OC. The van der Waals surface area contributed by atoms with Gasteiger partial charge in [-0.05, 0) is 61.7 Å². The molecule has 1 heterocycles. The van der Waals surface area contributed by atoms with Crippen molar-refractivity contribution < 1.29 is 9.47 Å². The van der Waals surface area contributed by atoms with E-state index < -0.39 is 0 Å². The minimum atomic E-state index is 0.458. The van der Waals surface area contributed by atoms with Crippen LogP contribution in [0.1, 0.15) is 36.9 Å². The summed E-state index contributed by atoms with van der Waals surface area (Å²) in [6, 6.07) is 14.9. The van der Waals surface area contributed by atoms with Gasteiger partial charge in [-0.1, -0.05) is 29.8 Å². The Hall–Kier alpha value is -1.71. The first-order valence-electron chi connectivity index (χ1n) is 8.50. The number of rotatable bonds is 6. The molecule has 0 aliphatic carbocycles. The Labute approximate surface area is 149 Å². The Morgan fingerprint density at radius 2 is 1.92 bits per heavy atom. The Kier molecular flexibility index (Phi) is 5.64. The second kappa shape index (κ2) is 7.91. The Balaban J connectivity index is 1.75. The van der Waals surface area contributed by atoms with E-state index in [9.17, 15) is 0 Å². The third kappa shape index (κ3) is 3.85. The maximum absolute atomic E-state index is 6.02. The lowest BCUT2D eigenvalue weighted by molar-refractivity contribution is 0.247. The Morgan fingerprint density at radius 3 is 2.62 bits per heavy atom. The van der Waals surface area contributed by atoms with Gasteiger partial charge in [0.15, 0.2) is 11.5 Å². The second-order valence-electron chi connectivity index (χ2n) is 6.10. The van der Waals surface area contributed by atoms with Gasteiger partial charge in [-0.15, -0.1) is 0 Å². The molecule has 24 heavy (non-hydrogen) atoms. The molecule has 0 amide bonds. The van der Waals surface area contributed by atoms with E-state index in [1.165, 1.54) is 24.0 Å². The summed E-state index contributed by atoms with van der Waals surface area (Å²) in [5.74, 6) is 1.61. The van der Waals surface area contributed by atoms with Gasteiger partial charge in [0.05, 0.1) is 13.7 Å². The van der Waals surface area contributed by atoms with Crippen LogP contribution in [0.3, 0.4) is 0 Å². The van der Waals surface area contributed by atoms with Crippen molar-refractivity contribution in [3.8, 4) is 11.5 Å². The summed E-state index contributed by atoms with van der Waals surface area (Å²) in [5.41, 5.74) is 2.59. The summed E-state index contributed by atoms with van der Waals surface area (Å²) >= 11 is 6.02. The first-order valence-corrected chi connectivity index (χ1v) is 8.88. The molecule has 1 aliphatic rings. The molecule has 0 spiro atoms. The van der Waals surface area contributed by atoms with Crippen LogP contribution in [0.25, 0.3) is 0 Å². The van der Waals surface area contributed by atoms with Gasteiger partial charge in [-0.25, -0.2) is 0 Å². The van der Waals surface area contributed by atoms with Crippen molar-refractivity contribution in [3.63, 3.8) is 0 Å². The number of hydrogen-bond donors (Lipinski definition) is 0. The van der Waals surface area contributed by atoms with Crippen molar-refractivity contribution in [3.05, 3.63) is 58.6 Å². The third-order valence-electron chi connectivity index (χ3n) is 4.53. The number of methoxy groups -OCH3 is 1. The largest absolute Gasteiger partial charge is 0.493 e. The van der Waals surface area contributed by atoms with Gasteiger partial charge in [0.1, 0.15) is 0 Å². The molecule has 1 atom stereocenters. The van der Waals surface area contributed by atoms with Crippen LogP contribution in [-0.2, 0) is 6.54 Å². The van der Waals surface area contributed by atoms with Crippen molar-refractivity contribution >= 4 is 11.6 Å². The second-order valence-corrected chi connectivity index (χ2v) is 6.53. The summed E-state index contributed by atoms with van der Waals surface area (Å²) in [7, 11) is 1.69. The molecule has 0 aromatic heterocycles. The molecule has 0 radical (unpaired) electrons. The van der Waals surface area contributed by atoms with Crippen LogP contribution in [-0.4, -0.2) is 25.2 Å². The summed E-state index contributed by atoms with van der Waals surface area (Å²) in [4.78, 5) is 2.53. The highest BCUT2D eigenvalue weighted by Gasteiger charge is 2.26. The van der Waals surface area contributed by atoms with Crippen molar-refractivity contribution in [2.45, 2.75) is 32.4 Å². The van der Waals surface area contributed by atoms with Crippen LogP contribution >= 0.6 is 11.6 Å². The number of ether oxygens (including phenoxy) is 2. The topological polar surface area (TPSA) is 21.7 Å². The van der Waals surface area contributed by atoms with Crippen molar-refractivity contribution in [1.29, 1.82) is 0 Å². The van der Waals surface area contributed by atoms with Gasteiger partial charge >= 0.3 is 0 Å². The molecule has 3 rings (SSSR count). The predicted octanol–water partition coefficient (Wildman–Crippen LogP) is 5.08. The van der Waals surface area contributed by atoms with E-state index in [0.29, 0.717) is 12.6 Å². The van der Waals surface area contributed by atoms with Crippen molar-refractivity contribution in [2.24, 2.45) is 0 Å². The smallest absolute Gasteiger partial charge is 0.161 e. The zero-order chi connectivity index (χ0) is 16.9. The zero-order valence-electron chi connectivity index (χ0n) is 14.3. The Morgan fingerprint density at radius 1 is 1.12 bits per heavy atom. The number of nitrogens with zero attached hydrogens (tertiary/aromatic N) is 1. The molecule has 0 bridgehead atoms. The predicted molar refractivity (Wildman–Crippen MR) is 98.0 cm³/mol. The van der Waals surface area contributed by atoms with E-state index in [1.54, 1.807) is 7.11 Å². The Bertz CT molecular complexity index is 672. The number of halogens is 1. The molecule has 1 saturated heterocycles. The molecule has 0 unspecified atom stereocenters. The van der Waals surface area contributed by atoms with Crippen LogP contribution in [0, 0.1) is 0 Å². The quantitative estimate of drug-likeness (QED) is 0.728. The standard InChI is InChI=1S/C20H24ClNO2/c1-3-24-19-11-6-15(13-20(19)23-2)14-22-12-4-5-18(22)16-7-9-17(21)10-8-16/h6-11,13,18H,3-5,12,14H2,1-2H3/t18-/m1/s1. The van der Waals surface area contributed by atoms with Gasteiger partial charge in [0.2, 0.25) is 0 Å². The normalized spacial score (nSPS) is 17.9. The van der Waals surface area contributed by atoms with Gasteiger partial charge in [0, 0.05) is 17.6 Å². The van der Waals surface area contributed by atoms with Gasteiger partial charge in [-0.2, -0.15) is 0 Å². The van der Waals surface area contributed by atoms with E-state index in [4.69, 9.17) is 21.1 Å². The maximum Gasteiger partial charge on any atom is 0.161 e. The summed E-state index contributed by atoms with van der Waals surface area (Å²) in [6.45, 7) is 4.65. The van der Waals surface area contributed by atoms with E-state index >= 15 is 0 Å². The molecule has 0 N–H and O–H groups in total. The lowest BCUT2D eigenvalue weighted by Gasteiger charge is -2.25. The lowest BCUT2D eigenvalue weighted by Crippen LogP contribution is -2.22. The van der Waals surface area contributed by atoms with E-state index in [2.05, 4.69) is 29.2 Å². The summed E-state index contributed by atoms with van der Waals surface area (Å²) in [5, 5.41) is 0.791. The average molecular weight is 346 g/mol. The number of likely N-dealkylation sites (tertiary alicyclic amines) is 1. The van der Waals surface area contributed by atoms with Crippen LogP contribution in [0.5, 0.6) is 11.5 Å². The molecule has 1 fully saturated rings. The van der Waals surface area contributed by atoms with Crippen LogP contribution in [0.4, 0.5) is 0 Å². The monoisotopic (exact) mass is 345 g/mol. The fourth-order valence-electron chi connectivity index (χ4n) is 3.40. The fourth-order valence-corrected chi connectivity index (χ4v) is 3.52. The molecule has 4 heteroatoms. The van der Waals surface area contributed by atoms with Crippen LogP contribution in [0.2, 0.25) is 5.02 Å². The van der Waals surface area contributed by atoms with Crippen molar-refractivity contribution in [2.75, 3.05) is 20.3 Å². The molecular weight excluding hydrogens is 322 g/mol. The highest BCUT2D eigenvalue weighted by atomic mass is 35.5. The summed E-state index contributed by atoms with van der Waals surface area (Å²) < 4.78 is 11.1. The number of benzene rings is 2. The zero-order valence-corrected chi connectivity index (χ0v) is 15.1. The van der Waals surface area contributed by atoms with Crippen LogP contribution < -0.4 is 9.47 Å². The number of hydrogen-bond acceptors (Lipinski definition) is 3. The van der Waals surface area contributed by atoms with E-state index in [0.717, 1.165) is 29.6 Å². The molecule has 128 valence electrons. The molecule has 3 nitrogen and oxygen atoms in total. The van der Waals surface area contributed by atoms with E-state index in [-0.39, 0.29) is 0 Å². The lowest BCUT2D eigenvalue weighted by atomic mass is 10.0. The first kappa shape index (κ1) is 17.1. The molecule has 0 saturated carbocycles. The van der Waals surface area contributed by atoms with Gasteiger partial charge in [0.25, 0.3) is 0 Å². The molecule has 2 aromatic rings. The third-order valence-corrected chi connectivity index (χ3v) is 4.78. The maximum atomic E-state index is 6.02. The van der Waals surface area contributed by atoms with E-state index in [1.807, 2.05) is 25.1 Å². The van der Waals surface area contributed by atoms with Gasteiger partial charge < -0.3 is 9.47 Å². The highest BCUT2D eigenvalue weighted by molar-refractivity contribution is 6.30. The average Bonchev–Trinajstić information content (AvgIpc) is 3.05. The summed E-state index contributed by atoms with van der Waals surface area (Å²) in [6.07, 6.45) is 2.41. The molecular formula is C20H24ClNO2. The fraction of sp³-hybridized carbons (Fsp3) is 0.400. The van der Waals surface area contributed by atoms with Crippen molar-refractivity contribution in [1.82, 2.24) is 4.90 Å². The highest BCUT2D eigenvalue weighted by Crippen LogP contribution is 2.35. The molecule has 2 aromatic carbocycles. The first-order chi connectivity index (χ1) is 11.7.